The van der Waals surface area contributed by atoms with Gasteiger partial charge in [0.05, 0.1) is 0 Å². The van der Waals surface area contributed by atoms with Gasteiger partial charge in [0.2, 0.25) is 0 Å². The van der Waals surface area contributed by atoms with Crippen LogP contribution in [0.2, 0.25) is 0 Å². The van der Waals surface area contributed by atoms with Gasteiger partial charge in [-0.1, -0.05) is 0 Å². The van der Waals surface area contributed by atoms with Crippen LogP contribution in [0.15, 0.2) is 24.1 Å². The van der Waals surface area contributed by atoms with Crippen LogP contribution in [-0.4, -0.2) is 79.8 Å². The van der Waals surface area contributed by atoms with Crippen molar-refractivity contribution in [2.45, 2.75) is 11.5 Å². The van der Waals surface area contributed by atoms with Gasteiger partial charge in [0.1, 0.15) is 0 Å². The van der Waals surface area contributed by atoms with Gasteiger partial charge in [0.15, 0.2) is 0 Å². The van der Waals surface area contributed by atoms with Crippen molar-refractivity contribution >= 4 is 23.1 Å². The molecule has 8 nitrogen and oxygen atoms in total. The van der Waals surface area contributed by atoms with Crippen molar-refractivity contribution in [2.24, 2.45) is 5.73 Å². The van der Waals surface area contributed by atoms with E-state index < -0.39 is 27.6 Å². The maximum absolute atomic E-state index is 12.9. The SMILES string of the molecule is NC1(C(=O)O)CN(S(=O)(=O)N2CCNCC2)CC1c1cbccc1. The number of carboxylic acids is 1. The van der Waals surface area contributed by atoms with Crippen molar-refractivity contribution < 1.29 is 18.3 Å². The summed E-state index contributed by atoms with van der Waals surface area (Å²) in [7, 11) is -3.72. The molecule has 3 heterocycles. The molecule has 0 aromatic carbocycles. The molecule has 130 valence electrons. The molecule has 1 aromatic rings. The van der Waals surface area contributed by atoms with Crippen molar-refractivity contribution in [1.29, 1.82) is 0 Å². The molecule has 2 fully saturated rings. The van der Waals surface area contributed by atoms with Crippen molar-refractivity contribution in [3.8, 4) is 0 Å². The molecule has 2 unspecified atom stereocenters. The Morgan fingerprint density at radius 3 is 2.67 bits per heavy atom. The summed E-state index contributed by atoms with van der Waals surface area (Å²) in [6.07, 6.45) is 0. The molecule has 3 rings (SSSR count). The van der Waals surface area contributed by atoms with Crippen molar-refractivity contribution in [3.63, 3.8) is 0 Å². The van der Waals surface area contributed by atoms with Crippen molar-refractivity contribution in [3.05, 3.63) is 29.6 Å². The maximum atomic E-state index is 12.9. The van der Waals surface area contributed by atoms with Gasteiger partial charge in [-0.25, -0.2) is 0 Å². The van der Waals surface area contributed by atoms with E-state index in [1.165, 1.54) is 8.61 Å². The Labute approximate surface area is 142 Å². The normalized spacial score (nSPS) is 29.5. The third kappa shape index (κ3) is 3.00. The van der Waals surface area contributed by atoms with Crippen LogP contribution < -0.4 is 11.1 Å². The van der Waals surface area contributed by atoms with Gasteiger partial charge in [0.25, 0.3) is 0 Å². The number of aliphatic carboxylic acids is 1. The summed E-state index contributed by atoms with van der Waals surface area (Å²) in [5.74, 6) is 1.84. The Morgan fingerprint density at radius 1 is 1.38 bits per heavy atom. The molecule has 0 amide bonds. The first-order valence-electron chi connectivity index (χ1n) is 7.89. The standard InChI is InChI=1S/C14H21BN4O4S/c16-14(13(20)21)10-19(9-12(14)11-2-1-3-15-8-11)24(22,23)18-6-4-17-5-7-18/h1-3,8,12,17H,4-7,9-10,16H2,(H,20,21). The molecular formula is C14H21BN4O4S. The molecule has 1 aromatic heterocycles. The average molecular weight is 352 g/mol. The Hall–Kier alpha value is -1.33. The van der Waals surface area contributed by atoms with E-state index in [4.69, 9.17) is 5.73 Å². The minimum absolute atomic E-state index is 0.0685. The van der Waals surface area contributed by atoms with Gasteiger partial charge in [0, 0.05) is 0 Å². The van der Waals surface area contributed by atoms with Crippen LogP contribution in [0.3, 0.4) is 0 Å². The molecular weight excluding hydrogens is 331 g/mol. The predicted molar refractivity (Wildman–Crippen MR) is 90.0 cm³/mol. The molecule has 4 N–H and O–H groups in total. The second kappa shape index (κ2) is 6.53. The van der Waals surface area contributed by atoms with E-state index in [1.807, 2.05) is 5.96 Å². The van der Waals surface area contributed by atoms with Crippen LogP contribution in [0.25, 0.3) is 0 Å². The van der Waals surface area contributed by atoms with Crippen LogP contribution in [0.1, 0.15) is 11.5 Å². The summed E-state index contributed by atoms with van der Waals surface area (Å²) in [6, 6.07) is 3.58. The first-order chi connectivity index (χ1) is 11.4. The minimum atomic E-state index is -3.72. The Kier molecular flexibility index (Phi) is 4.76. The van der Waals surface area contributed by atoms with E-state index in [1.54, 1.807) is 25.0 Å². The molecule has 0 radical (unpaired) electrons. The van der Waals surface area contributed by atoms with E-state index in [9.17, 15) is 18.3 Å². The fraction of sp³-hybridized carbons (Fsp3) is 0.571. The van der Waals surface area contributed by atoms with Gasteiger partial charge in [-0.15, -0.1) is 0 Å². The summed E-state index contributed by atoms with van der Waals surface area (Å²) in [4.78, 5) is 11.8. The molecule has 0 bridgehead atoms. The summed E-state index contributed by atoms with van der Waals surface area (Å²) >= 11 is 0. The summed E-state index contributed by atoms with van der Waals surface area (Å²) in [5.41, 5.74) is 5.26. The quantitative estimate of drug-likeness (QED) is 0.598. The predicted octanol–water partition coefficient (Wildman–Crippen LogP) is -1.64. The average Bonchev–Trinajstić information content (AvgIpc) is 2.96. The molecule has 2 aliphatic heterocycles. The van der Waals surface area contributed by atoms with E-state index >= 15 is 0 Å². The second-order valence-electron chi connectivity index (χ2n) is 6.26. The number of hydrogen-bond acceptors (Lipinski definition) is 5. The molecule has 24 heavy (non-hydrogen) atoms. The number of carboxylic acid groups (broad SMARTS) is 1. The second-order valence-corrected chi connectivity index (χ2v) is 8.19. The number of nitrogens with two attached hydrogens (primary N) is 1. The Morgan fingerprint density at radius 2 is 2.08 bits per heavy atom. The molecule has 2 saturated heterocycles. The topological polar surface area (TPSA) is 116 Å². The van der Waals surface area contributed by atoms with Crippen molar-refractivity contribution in [1.82, 2.24) is 13.9 Å². The molecule has 2 aliphatic rings. The van der Waals surface area contributed by atoms with Gasteiger partial charge >= 0.3 is 141 Å². The molecule has 10 heteroatoms. The number of nitrogens with one attached hydrogen (secondary N) is 1. The number of rotatable bonds is 4. The summed E-state index contributed by atoms with van der Waals surface area (Å²) in [6.45, 7) is 3.56. The summed E-state index contributed by atoms with van der Waals surface area (Å²) < 4.78 is 28.3. The fourth-order valence-electron chi connectivity index (χ4n) is 3.35. The van der Waals surface area contributed by atoms with Crippen LogP contribution in [0.5, 0.6) is 0 Å². The fourth-order valence-corrected chi connectivity index (χ4v) is 5.04. The molecule has 2 atom stereocenters. The Balaban J connectivity index is 1.91. The number of piperazine rings is 1. The number of hydrogen-bond donors (Lipinski definition) is 3. The van der Waals surface area contributed by atoms with E-state index in [0.717, 1.165) is 5.56 Å². The number of carbonyl (C=O) groups is 1. The zero-order chi connectivity index (χ0) is 17.4. The van der Waals surface area contributed by atoms with Crippen LogP contribution >= 0.6 is 0 Å². The third-order valence-corrected chi connectivity index (χ3v) is 6.72. The van der Waals surface area contributed by atoms with Gasteiger partial charge in [-0.05, 0) is 0 Å². The van der Waals surface area contributed by atoms with E-state index in [0.29, 0.717) is 26.2 Å². The van der Waals surface area contributed by atoms with Crippen LogP contribution in [0.4, 0.5) is 0 Å². The zero-order valence-electron chi connectivity index (χ0n) is 13.3. The van der Waals surface area contributed by atoms with E-state index in [-0.39, 0.29) is 13.1 Å². The third-order valence-electron chi connectivity index (χ3n) is 4.77. The zero-order valence-corrected chi connectivity index (χ0v) is 14.1. The molecule has 0 aliphatic carbocycles. The Bertz CT molecular complexity index is 711. The van der Waals surface area contributed by atoms with Gasteiger partial charge in [-0.3, -0.25) is 0 Å². The summed E-state index contributed by atoms with van der Waals surface area (Å²) in [5, 5.41) is 12.7. The van der Waals surface area contributed by atoms with Crippen molar-refractivity contribution in [2.75, 3.05) is 39.3 Å². The monoisotopic (exact) mass is 352 g/mol. The van der Waals surface area contributed by atoms with Crippen LogP contribution in [0, 0.1) is 0 Å². The van der Waals surface area contributed by atoms with Gasteiger partial charge in [-0.2, -0.15) is 0 Å². The van der Waals surface area contributed by atoms with Crippen LogP contribution in [-0.2, 0) is 15.0 Å². The van der Waals surface area contributed by atoms with E-state index in [2.05, 4.69) is 5.32 Å². The molecule has 0 saturated carbocycles. The first kappa shape index (κ1) is 17.5. The number of nitrogens with zero attached hydrogens (tertiary/aromatic N) is 2. The van der Waals surface area contributed by atoms with Gasteiger partial charge < -0.3 is 0 Å². The molecule has 0 spiro atoms. The first-order valence-corrected chi connectivity index (χ1v) is 9.28.